The van der Waals surface area contributed by atoms with Crippen LogP contribution < -0.4 is 16.0 Å². The number of rotatable bonds is 3. The molecule has 3 rings (SSSR count). The summed E-state index contributed by atoms with van der Waals surface area (Å²) in [5.41, 5.74) is 2.93. The number of thiophene rings is 1. The maximum Gasteiger partial charge on any atom is 0.241 e. The third-order valence-corrected chi connectivity index (χ3v) is 3.40. The molecule has 98 valence electrons. The minimum Gasteiger partial charge on any atom is -0.438 e. The van der Waals surface area contributed by atoms with E-state index in [0.717, 1.165) is 10.2 Å². The topological polar surface area (TPSA) is 96.8 Å². The van der Waals surface area contributed by atoms with Crippen molar-refractivity contribution in [2.45, 2.75) is 0 Å². The van der Waals surface area contributed by atoms with E-state index >= 15 is 0 Å². The third kappa shape index (κ3) is 2.25. The van der Waals surface area contributed by atoms with Crippen LogP contribution in [0.3, 0.4) is 0 Å². The Hall–Kier alpha value is -2.69. The molecule has 0 radical (unpaired) electrons. The summed E-state index contributed by atoms with van der Waals surface area (Å²) < 4.78 is 5.74. The number of aromatic nitrogens is 2. The van der Waals surface area contributed by atoms with Crippen molar-refractivity contribution in [3.63, 3.8) is 0 Å². The molecule has 0 spiro atoms. The number of nitrogen functional groups attached to an aromatic ring is 1. The lowest BCUT2D eigenvalue weighted by Gasteiger charge is -2.07. The van der Waals surface area contributed by atoms with Crippen molar-refractivity contribution < 1.29 is 4.74 Å². The Morgan fingerprint density at radius 3 is 3.00 bits per heavy atom. The monoisotopic (exact) mass is 283 g/mol. The van der Waals surface area contributed by atoms with E-state index in [0.29, 0.717) is 17.2 Å². The number of hydrazine groups is 1. The van der Waals surface area contributed by atoms with Crippen LogP contribution in [0, 0.1) is 11.3 Å². The summed E-state index contributed by atoms with van der Waals surface area (Å²) >= 11 is 1.47. The molecule has 0 amide bonds. The predicted octanol–water partition coefficient (Wildman–Crippen LogP) is 2.64. The molecule has 0 aliphatic rings. The van der Waals surface area contributed by atoms with Crippen molar-refractivity contribution in [2.75, 3.05) is 5.43 Å². The normalized spacial score (nSPS) is 10.2. The van der Waals surface area contributed by atoms with Gasteiger partial charge in [-0.3, -0.25) is 5.43 Å². The zero-order valence-electron chi connectivity index (χ0n) is 10.2. The Morgan fingerprint density at radius 2 is 2.20 bits per heavy atom. The molecule has 0 bridgehead atoms. The second-order valence-corrected chi connectivity index (χ2v) is 4.77. The van der Waals surface area contributed by atoms with Gasteiger partial charge in [-0.25, -0.2) is 10.8 Å². The Morgan fingerprint density at radius 1 is 1.30 bits per heavy atom. The van der Waals surface area contributed by atoms with Gasteiger partial charge < -0.3 is 4.74 Å². The van der Waals surface area contributed by atoms with Crippen LogP contribution in [0.5, 0.6) is 11.6 Å². The van der Waals surface area contributed by atoms with Gasteiger partial charge in [-0.05, 0) is 29.6 Å². The van der Waals surface area contributed by atoms with Gasteiger partial charge in [-0.1, -0.05) is 6.07 Å². The van der Waals surface area contributed by atoms with Crippen molar-refractivity contribution in [2.24, 2.45) is 5.84 Å². The molecule has 1 aromatic carbocycles. The Balaban J connectivity index is 2.05. The highest BCUT2D eigenvalue weighted by molar-refractivity contribution is 7.16. The lowest BCUT2D eigenvalue weighted by atomic mass is 10.2. The Bertz CT molecular complexity index is 808. The molecule has 20 heavy (non-hydrogen) atoms. The second kappa shape index (κ2) is 5.13. The fourth-order valence-electron chi connectivity index (χ4n) is 1.71. The van der Waals surface area contributed by atoms with Crippen LogP contribution in [0.25, 0.3) is 10.2 Å². The van der Waals surface area contributed by atoms with Crippen molar-refractivity contribution >= 4 is 27.5 Å². The van der Waals surface area contributed by atoms with Gasteiger partial charge in [0, 0.05) is 0 Å². The zero-order chi connectivity index (χ0) is 13.9. The lowest BCUT2D eigenvalue weighted by Crippen LogP contribution is -2.10. The smallest absolute Gasteiger partial charge is 0.241 e. The van der Waals surface area contributed by atoms with E-state index in [9.17, 15) is 0 Å². The molecule has 3 N–H and O–H groups in total. The molecular formula is C13H9N5OS. The van der Waals surface area contributed by atoms with E-state index in [-0.39, 0.29) is 5.95 Å². The van der Waals surface area contributed by atoms with Gasteiger partial charge in [-0.2, -0.15) is 10.2 Å². The third-order valence-electron chi connectivity index (χ3n) is 2.60. The molecule has 6 nitrogen and oxygen atoms in total. The van der Waals surface area contributed by atoms with Crippen LogP contribution >= 0.6 is 11.3 Å². The number of ether oxygens (including phenoxy) is 1. The Labute approximate surface area is 118 Å². The Kier molecular flexibility index (Phi) is 3.16. The molecule has 0 atom stereocenters. The first-order valence-corrected chi connectivity index (χ1v) is 6.58. The van der Waals surface area contributed by atoms with Gasteiger partial charge in [0.15, 0.2) is 0 Å². The largest absolute Gasteiger partial charge is 0.438 e. The van der Waals surface area contributed by atoms with Crippen LogP contribution in [-0.4, -0.2) is 9.97 Å². The number of nitriles is 1. The molecule has 7 heteroatoms. The first-order chi connectivity index (χ1) is 9.80. The van der Waals surface area contributed by atoms with Crippen molar-refractivity contribution in [3.05, 3.63) is 41.3 Å². The number of fused-ring (bicyclic) bond motifs is 1. The average Bonchev–Trinajstić information content (AvgIpc) is 2.96. The first-order valence-electron chi connectivity index (χ1n) is 5.70. The summed E-state index contributed by atoms with van der Waals surface area (Å²) in [5.74, 6) is 6.57. The number of hydrogen-bond donors (Lipinski definition) is 2. The minimum absolute atomic E-state index is 0.284. The molecule has 2 heterocycles. The van der Waals surface area contributed by atoms with E-state index in [1.165, 1.54) is 11.3 Å². The number of anilines is 1. The van der Waals surface area contributed by atoms with Gasteiger partial charge in [0.25, 0.3) is 0 Å². The van der Waals surface area contributed by atoms with Crippen LogP contribution in [0.2, 0.25) is 0 Å². The number of nitrogens with zero attached hydrogens (tertiary/aromatic N) is 3. The van der Waals surface area contributed by atoms with Gasteiger partial charge in [0.05, 0.1) is 17.0 Å². The summed E-state index contributed by atoms with van der Waals surface area (Å²) in [6, 6.07) is 10.8. The van der Waals surface area contributed by atoms with Crippen molar-refractivity contribution in [1.82, 2.24) is 9.97 Å². The predicted molar refractivity (Wildman–Crippen MR) is 76.5 cm³/mol. The fourth-order valence-corrected chi connectivity index (χ4v) is 2.47. The van der Waals surface area contributed by atoms with Gasteiger partial charge >= 0.3 is 0 Å². The molecule has 0 saturated carbocycles. The molecule has 0 unspecified atom stereocenters. The summed E-state index contributed by atoms with van der Waals surface area (Å²) in [6.07, 6.45) is 0. The summed E-state index contributed by atoms with van der Waals surface area (Å²) in [4.78, 5) is 9.20. The second-order valence-electron chi connectivity index (χ2n) is 3.88. The number of nitrogens with one attached hydrogen (secondary N) is 1. The standard InChI is InChI=1S/C13H9N5OS/c14-7-8-2-1-3-9(6-8)19-11-10-4-5-20-12(10)17-13(16-11)18-15/h1-6H,15H2,(H,16,17,18). The number of hydrogen-bond acceptors (Lipinski definition) is 7. The van der Waals surface area contributed by atoms with E-state index in [1.54, 1.807) is 24.3 Å². The zero-order valence-corrected chi connectivity index (χ0v) is 11.0. The molecular weight excluding hydrogens is 274 g/mol. The number of nitrogens with two attached hydrogens (primary N) is 1. The van der Waals surface area contributed by atoms with Crippen LogP contribution in [0.15, 0.2) is 35.7 Å². The molecule has 2 aromatic heterocycles. The van der Waals surface area contributed by atoms with Crippen LogP contribution in [0.4, 0.5) is 5.95 Å². The highest BCUT2D eigenvalue weighted by atomic mass is 32.1. The van der Waals surface area contributed by atoms with E-state index in [4.69, 9.17) is 15.8 Å². The van der Waals surface area contributed by atoms with Crippen LogP contribution in [-0.2, 0) is 0 Å². The molecule has 0 aliphatic carbocycles. The van der Waals surface area contributed by atoms with Crippen LogP contribution in [0.1, 0.15) is 5.56 Å². The quantitative estimate of drug-likeness (QED) is 0.566. The molecule has 0 fully saturated rings. The van der Waals surface area contributed by atoms with Crippen molar-refractivity contribution in [1.29, 1.82) is 5.26 Å². The molecule has 0 saturated heterocycles. The van der Waals surface area contributed by atoms with E-state index in [1.807, 2.05) is 11.4 Å². The summed E-state index contributed by atoms with van der Waals surface area (Å²) in [5, 5.41) is 11.6. The molecule has 3 aromatic rings. The minimum atomic E-state index is 0.284. The van der Waals surface area contributed by atoms with Gasteiger partial charge in [-0.15, -0.1) is 11.3 Å². The summed E-state index contributed by atoms with van der Waals surface area (Å²) in [6.45, 7) is 0. The average molecular weight is 283 g/mol. The lowest BCUT2D eigenvalue weighted by molar-refractivity contribution is 0.469. The SMILES string of the molecule is N#Cc1cccc(Oc2nc(NN)nc3sccc23)c1. The van der Waals surface area contributed by atoms with E-state index in [2.05, 4.69) is 21.5 Å². The maximum atomic E-state index is 8.89. The maximum absolute atomic E-state index is 8.89. The number of benzene rings is 1. The van der Waals surface area contributed by atoms with Crippen molar-refractivity contribution in [3.8, 4) is 17.7 Å². The van der Waals surface area contributed by atoms with Gasteiger partial charge in [0.1, 0.15) is 10.6 Å². The van der Waals surface area contributed by atoms with Gasteiger partial charge in [0.2, 0.25) is 11.8 Å². The highest BCUT2D eigenvalue weighted by Gasteiger charge is 2.10. The highest BCUT2D eigenvalue weighted by Crippen LogP contribution is 2.31. The van der Waals surface area contributed by atoms with E-state index < -0.39 is 0 Å². The molecule has 0 aliphatic heterocycles. The first kappa shape index (κ1) is 12.3. The summed E-state index contributed by atoms with van der Waals surface area (Å²) in [7, 11) is 0. The fraction of sp³-hybridized carbons (Fsp3) is 0.